The Labute approximate surface area is 125 Å². The lowest BCUT2D eigenvalue weighted by Gasteiger charge is -2.21. The van der Waals surface area contributed by atoms with Gasteiger partial charge in [0.1, 0.15) is 0 Å². The van der Waals surface area contributed by atoms with Crippen molar-refractivity contribution in [2.75, 3.05) is 19.5 Å². The SMILES string of the molecule is COC(=O)/C(C)=C(/C)N(C)C(=O)Nc1ccc(C)cc1C. The first-order valence-corrected chi connectivity index (χ1v) is 6.65. The number of hydrogen-bond acceptors (Lipinski definition) is 3. The highest BCUT2D eigenvalue weighted by Gasteiger charge is 2.16. The maximum absolute atomic E-state index is 12.2. The van der Waals surface area contributed by atoms with E-state index < -0.39 is 5.97 Å². The van der Waals surface area contributed by atoms with Crippen molar-refractivity contribution in [3.63, 3.8) is 0 Å². The number of aryl methyl sites for hydroxylation is 2. The summed E-state index contributed by atoms with van der Waals surface area (Å²) in [5.74, 6) is -0.446. The van der Waals surface area contributed by atoms with Gasteiger partial charge in [0.15, 0.2) is 0 Å². The summed E-state index contributed by atoms with van der Waals surface area (Å²) in [6.45, 7) is 7.26. The van der Waals surface area contributed by atoms with Crippen molar-refractivity contribution in [1.82, 2.24) is 4.90 Å². The van der Waals surface area contributed by atoms with Gasteiger partial charge in [-0.25, -0.2) is 9.59 Å². The van der Waals surface area contributed by atoms with Crippen molar-refractivity contribution in [1.29, 1.82) is 0 Å². The summed E-state index contributed by atoms with van der Waals surface area (Å²) in [4.78, 5) is 25.1. The fourth-order valence-corrected chi connectivity index (χ4v) is 1.86. The summed E-state index contributed by atoms with van der Waals surface area (Å²) in [5.41, 5.74) is 3.82. The Morgan fingerprint density at radius 1 is 1.19 bits per heavy atom. The molecule has 0 aliphatic rings. The molecule has 0 atom stereocenters. The Hall–Kier alpha value is -2.30. The molecule has 1 N–H and O–H groups in total. The van der Waals surface area contributed by atoms with Crippen LogP contribution in [0.2, 0.25) is 0 Å². The molecule has 0 heterocycles. The van der Waals surface area contributed by atoms with Crippen LogP contribution in [0.15, 0.2) is 29.5 Å². The van der Waals surface area contributed by atoms with Gasteiger partial charge in [-0.3, -0.25) is 0 Å². The van der Waals surface area contributed by atoms with Gasteiger partial charge in [0.05, 0.1) is 12.7 Å². The highest BCUT2D eigenvalue weighted by atomic mass is 16.5. The molecule has 21 heavy (non-hydrogen) atoms. The quantitative estimate of drug-likeness (QED) is 0.687. The Balaban J connectivity index is 2.91. The molecule has 1 aromatic rings. The van der Waals surface area contributed by atoms with Crippen LogP contribution in [-0.4, -0.2) is 31.1 Å². The number of ether oxygens (including phenoxy) is 1. The molecule has 0 saturated carbocycles. The van der Waals surface area contributed by atoms with Crippen molar-refractivity contribution in [2.24, 2.45) is 0 Å². The lowest BCUT2D eigenvalue weighted by Crippen LogP contribution is -2.31. The second-order valence-corrected chi connectivity index (χ2v) is 5.01. The van der Waals surface area contributed by atoms with Gasteiger partial charge in [-0.15, -0.1) is 0 Å². The smallest absolute Gasteiger partial charge is 0.335 e. The van der Waals surface area contributed by atoms with E-state index in [0.717, 1.165) is 16.8 Å². The number of benzene rings is 1. The van der Waals surface area contributed by atoms with Gasteiger partial charge < -0.3 is 15.0 Å². The number of hydrogen-bond donors (Lipinski definition) is 1. The summed E-state index contributed by atoms with van der Waals surface area (Å²) in [5, 5.41) is 2.83. The highest BCUT2D eigenvalue weighted by Crippen LogP contribution is 2.18. The minimum atomic E-state index is -0.446. The van der Waals surface area contributed by atoms with Gasteiger partial charge in [-0.2, -0.15) is 0 Å². The molecule has 1 aromatic carbocycles. The summed E-state index contributed by atoms with van der Waals surface area (Å²) in [6, 6.07) is 5.49. The number of allylic oxidation sites excluding steroid dienone is 1. The average Bonchev–Trinajstić information content (AvgIpc) is 2.46. The third-order valence-corrected chi connectivity index (χ3v) is 3.47. The molecule has 0 radical (unpaired) electrons. The second-order valence-electron chi connectivity index (χ2n) is 5.01. The first-order valence-electron chi connectivity index (χ1n) is 6.65. The van der Waals surface area contributed by atoms with E-state index >= 15 is 0 Å². The number of esters is 1. The van der Waals surface area contributed by atoms with Crippen LogP contribution in [0.4, 0.5) is 10.5 Å². The Morgan fingerprint density at radius 3 is 2.33 bits per heavy atom. The van der Waals surface area contributed by atoms with Gasteiger partial charge in [0.2, 0.25) is 0 Å². The normalized spacial score (nSPS) is 11.5. The van der Waals surface area contributed by atoms with E-state index in [1.807, 2.05) is 32.0 Å². The second kappa shape index (κ2) is 6.92. The molecule has 0 bridgehead atoms. The Morgan fingerprint density at radius 2 is 1.81 bits per heavy atom. The number of amides is 2. The standard InChI is InChI=1S/C16H22N2O3/c1-10-7-8-14(11(2)9-10)17-16(20)18(5)13(4)12(3)15(19)21-6/h7-9H,1-6H3,(H,17,20)/b13-12-. The number of anilines is 1. The average molecular weight is 290 g/mol. The number of carbonyl (C=O) groups excluding carboxylic acids is 2. The van der Waals surface area contributed by atoms with Crippen LogP contribution < -0.4 is 5.32 Å². The predicted molar refractivity (Wildman–Crippen MR) is 83.1 cm³/mol. The van der Waals surface area contributed by atoms with E-state index in [1.165, 1.54) is 12.0 Å². The zero-order chi connectivity index (χ0) is 16.2. The molecular formula is C16H22N2O3. The molecule has 2 amide bonds. The molecule has 114 valence electrons. The Bertz CT molecular complexity index is 591. The predicted octanol–water partition coefficient (Wildman–Crippen LogP) is 3.23. The van der Waals surface area contributed by atoms with Crippen LogP contribution in [0.1, 0.15) is 25.0 Å². The largest absolute Gasteiger partial charge is 0.466 e. The topological polar surface area (TPSA) is 58.6 Å². The van der Waals surface area contributed by atoms with E-state index in [4.69, 9.17) is 0 Å². The third kappa shape index (κ3) is 4.08. The van der Waals surface area contributed by atoms with Crippen molar-refractivity contribution < 1.29 is 14.3 Å². The van der Waals surface area contributed by atoms with Crippen LogP contribution >= 0.6 is 0 Å². The fourth-order valence-electron chi connectivity index (χ4n) is 1.86. The first kappa shape index (κ1) is 16.8. The maximum Gasteiger partial charge on any atom is 0.335 e. The van der Waals surface area contributed by atoms with E-state index in [-0.39, 0.29) is 6.03 Å². The van der Waals surface area contributed by atoms with Crippen molar-refractivity contribution in [3.8, 4) is 0 Å². The Kier molecular flexibility index (Phi) is 5.52. The zero-order valence-electron chi connectivity index (χ0n) is 13.4. The monoisotopic (exact) mass is 290 g/mol. The summed E-state index contributed by atoms with van der Waals surface area (Å²) >= 11 is 0. The number of methoxy groups -OCH3 is 1. The number of rotatable bonds is 3. The minimum Gasteiger partial charge on any atom is -0.466 e. The lowest BCUT2D eigenvalue weighted by molar-refractivity contribution is -0.136. The van der Waals surface area contributed by atoms with E-state index in [0.29, 0.717) is 11.3 Å². The van der Waals surface area contributed by atoms with Gasteiger partial charge in [0, 0.05) is 18.4 Å². The first-order chi connectivity index (χ1) is 9.77. The van der Waals surface area contributed by atoms with Crippen LogP contribution in [0, 0.1) is 13.8 Å². The molecule has 0 aliphatic heterocycles. The zero-order valence-corrected chi connectivity index (χ0v) is 13.4. The number of urea groups is 1. The molecule has 5 nitrogen and oxygen atoms in total. The molecule has 0 fully saturated rings. The molecule has 1 rings (SSSR count). The molecule has 0 aliphatic carbocycles. The van der Waals surface area contributed by atoms with Gasteiger partial charge in [-0.05, 0) is 39.3 Å². The van der Waals surface area contributed by atoms with Crippen LogP contribution in [0.25, 0.3) is 0 Å². The van der Waals surface area contributed by atoms with Crippen LogP contribution in [-0.2, 0) is 9.53 Å². The fraction of sp³-hybridized carbons (Fsp3) is 0.375. The summed E-state index contributed by atoms with van der Waals surface area (Å²) < 4.78 is 4.66. The summed E-state index contributed by atoms with van der Waals surface area (Å²) in [7, 11) is 2.93. The third-order valence-electron chi connectivity index (χ3n) is 3.47. The van der Waals surface area contributed by atoms with Gasteiger partial charge >= 0.3 is 12.0 Å². The molecular weight excluding hydrogens is 268 g/mol. The number of carbonyl (C=O) groups is 2. The number of nitrogens with zero attached hydrogens (tertiary/aromatic N) is 1. The maximum atomic E-state index is 12.2. The molecule has 0 aromatic heterocycles. The van der Waals surface area contributed by atoms with Gasteiger partial charge in [-0.1, -0.05) is 17.7 Å². The molecule has 0 unspecified atom stereocenters. The van der Waals surface area contributed by atoms with Crippen molar-refractivity contribution in [3.05, 3.63) is 40.6 Å². The van der Waals surface area contributed by atoms with E-state index in [9.17, 15) is 9.59 Å². The number of nitrogens with one attached hydrogen (secondary N) is 1. The van der Waals surface area contributed by atoms with Gasteiger partial charge in [0.25, 0.3) is 0 Å². The molecule has 5 heteroatoms. The highest BCUT2D eigenvalue weighted by molar-refractivity contribution is 5.93. The lowest BCUT2D eigenvalue weighted by atomic mass is 10.1. The van der Waals surface area contributed by atoms with E-state index in [2.05, 4.69) is 10.1 Å². The van der Waals surface area contributed by atoms with Crippen LogP contribution in [0.3, 0.4) is 0 Å². The van der Waals surface area contributed by atoms with Crippen molar-refractivity contribution >= 4 is 17.7 Å². The van der Waals surface area contributed by atoms with Crippen LogP contribution in [0.5, 0.6) is 0 Å². The molecule has 0 saturated heterocycles. The summed E-state index contributed by atoms with van der Waals surface area (Å²) in [6.07, 6.45) is 0. The minimum absolute atomic E-state index is 0.303. The molecule has 0 spiro atoms. The van der Waals surface area contributed by atoms with Crippen molar-refractivity contribution in [2.45, 2.75) is 27.7 Å². The van der Waals surface area contributed by atoms with E-state index in [1.54, 1.807) is 20.9 Å².